The summed E-state index contributed by atoms with van der Waals surface area (Å²) in [6.07, 6.45) is -4.63. The van der Waals surface area contributed by atoms with Gasteiger partial charge >= 0.3 is 18.0 Å². The van der Waals surface area contributed by atoms with Crippen LogP contribution in [0.25, 0.3) is 0 Å². The second-order valence-corrected chi connectivity index (χ2v) is 8.07. The average molecular weight is 524 g/mol. The Morgan fingerprint density at radius 3 is 2.23 bits per heavy atom. The summed E-state index contributed by atoms with van der Waals surface area (Å²) in [5.41, 5.74) is 2.66. The maximum Gasteiger partial charge on any atom is 0.416 e. The Balaban J connectivity index is 1.56. The van der Waals surface area contributed by atoms with E-state index in [-0.39, 0.29) is 10.7 Å². The monoisotopic (exact) mass is 523 g/mol. The number of nitrogens with zero attached hydrogens (tertiary/aromatic N) is 1. The molecule has 0 spiro atoms. The number of ether oxygens (including phenoxy) is 1. The number of anilines is 1. The summed E-state index contributed by atoms with van der Waals surface area (Å²) >= 11 is 11.7. The molecule has 0 heterocycles. The first kappa shape index (κ1) is 26.1. The number of hydrazone groups is 1. The molecule has 0 aliphatic carbocycles. The van der Waals surface area contributed by atoms with Crippen molar-refractivity contribution in [2.24, 2.45) is 5.10 Å². The number of amides is 2. The normalized spacial score (nSPS) is 11.7. The Kier molecular flexibility index (Phi) is 8.37. The molecule has 0 saturated heterocycles. The van der Waals surface area contributed by atoms with E-state index in [1.54, 1.807) is 43.3 Å². The molecule has 0 bridgehead atoms. The molecule has 2 amide bonds. The third-order valence-electron chi connectivity index (χ3n) is 4.66. The van der Waals surface area contributed by atoms with Crippen LogP contribution < -0.4 is 15.5 Å². The van der Waals surface area contributed by atoms with Crippen molar-refractivity contribution in [2.45, 2.75) is 19.7 Å². The highest BCUT2D eigenvalue weighted by molar-refractivity contribution is 6.41. The van der Waals surface area contributed by atoms with E-state index in [0.29, 0.717) is 34.7 Å². The van der Waals surface area contributed by atoms with Gasteiger partial charge in [0.15, 0.2) is 0 Å². The first-order valence-electron chi connectivity index (χ1n) is 10.0. The number of benzene rings is 3. The minimum atomic E-state index is -4.63. The summed E-state index contributed by atoms with van der Waals surface area (Å²) in [4.78, 5) is 24.1. The molecule has 35 heavy (non-hydrogen) atoms. The zero-order valence-corrected chi connectivity index (χ0v) is 19.6. The van der Waals surface area contributed by atoms with Crippen LogP contribution in [0.4, 0.5) is 18.9 Å². The minimum absolute atomic E-state index is 0.155. The number of rotatable bonds is 6. The van der Waals surface area contributed by atoms with Gasteiger partial charge in [-0.05, 0) is 72.6 Å². The molecule has 6 nitrogen and oxygen atoms in total. The second-order valence-electron chi connectivity index (χ2n) is 7.22. The molecular formula is C24H18Cl2F3N3O3. The summed E-state index contributed by atoms with van der Waals surface area (Å²) in [6, 6.07) is 16.5. The second kappa shape index (κ2) is 11.2. The van der Waals surface area contributed by atoms with Crippen molar-refractivity contribution >= 4 is 46.4 Å². The number of hydrogen-bond donors (Lipinski definition) is 2. The number of halogens is 5. The van der Waals surface area contributed by atoms with Gasteiger partial charge in [0.05, 0.1) is 22.0 Å². The molecule has 0 atom stereocenters. The molecule has 3 aromatic carbocycles. The zero-order valence-electron chi connectivity index (χ0n) is 18.1. The van der Waals surface area contributed by atoms with Gasteiger partial charge in [0, 0.05) is 5.02 Å². The summed E-state index contributed by atoms with van der Waals surface area (Å²) in [6.45, 7) is 1.95. The van der Waals surface area contributed by atoms with Crippen LogP contribution in [0.1, 0.15) is 23.6 Å². The van der Waals surface area contributed by atoms with Gasteiger partial charge in [0.25, 0.3) is 0 Å². The number of carbonyl (C=O) groups is 2. The minimum Gasteiger partial charge on any atom is -0.489 e. The summed E-state index contributed by atoms with van der Waals surface area (Å²) in [7, 11) is 0. The molecule has 0 fully saturated rings. The largest absolute Gasteiger partial charge is 0.489 e. The van der Waals surface area contributed by atoms with E-state index >= 15 is 0 Å². The number of alkyl halides is 3. The van der Waals surface area contributed by atoms with Crippen LogP contribution in [0.5, 0.6) is 5.75 Å². The molecule has 0 aromatic heterocycles. The Morgan fingerprint density at radius 2 is 1.60 bits per heavy atom. The predicted octanol–water partition coefficient (Wildman–Crippen LogP) is 6.07. The fourth-order valence-corrected chi connectivity index (χ4v) is 3.06. The zero-order chi connectivity index (χ0) is 25.6. The van der Waals surface area contributed by atoms with E-state index in [1.165, 1.54) is 0 Å². The average Bonchev–Trinajstić information content (AvgIpc) is 2.83. The van der Waals surface area contributed by atoms with Crippen LogP contribution in [0.15, 0.2) is 71.8 Å². The lowest BCUT2D eigenvalue weighted by molar-refractivity contribution is -0.137. The van der Waals surface area contributed by atoms with Crippen LogP contribution in [0.2, 0.25) is 10.0 Å². The first-order valence-corrected chi connectivity index (χ1v) is 10.8. The van der Waals surface area contributed by atoms with Crippen molar-refractivity contribution in [1.29, 1.82) is 0 Å². The number of hydrogen-bond acceptors (Lipinski definition) is 4. The Hall–Kier alpha value is -3.56. The standard InChI is InChI=1S/C24H18Cl2F3N3O3/c1-14(16-4-9-19(10-5-16)35-13-15-2-7-18(25)8-3-15)31-32-23(34)22(33)30-21-12-17(24(27,28)29)6-11-20(21)26/h2-12H,13H2,1H3,(H,30,33)(H,32,34)/b31-14+. The quantitative estimate of drug-likeness (QED) is 0.234. The molecule has 3 rings (SSSR count). The van der Waals surface area contributed by atoms with Crippen molar-refractivity contribution in [3.8, 4) is 5.75 Å². The van der Waals surface area contributed by atoms with Crippen LogP contribution in [0.3, 0.4) is 0 Å². The predicted molar refractivity (Wildman–Crippen MR) is 128 cm³/mol. The highest BCUT2D eigenvalue weighted by atomic mass is 35.5. The molecule has 11 heteroatoms. The molecule has 0 radical (unpaired) electrons. The van der Waals surface area contributed by atoms with E-state index in [0.717, 1.165) is 17.7 Å². The molecule has 0 saturated carbocycles. The number of nitrogens with one attached hydrogen (secondary N) is 2. The Morgan fingerprint density at radius 1 is 0.943 bits per heavy atom. The van der Waals surface area contributed by atoms with Crippen LogP contribution in [-0.2, 0) is 22.4 Å². The summed E-state index contributed by atoms with van der Waals surface area (Å²) in [5.74, 6) is -1.80. The summed E-state index contributed by atoms with van der Waals surface area (Å²) in [5, 5.41) is 6.39. The molecule has 182 valence electrons. The van der Waals surface area contributed by atoms with Crippen LogP contribution in [0, 0.1) is 0 Å². The Bertz CT molecular complexity index is 1250. The van der Waals surface area contributed by atoms with E-state index in [4.69, 9.17) is 27.9 Å². The molecule has 0 aliphatic rings. The van der Waals surface area contributed by atoms with Gasteiger partial charge in [-0.1, -0.05) is 35.3 Å². The van der Waals surface area contributed by atoms with E-state index in [2.05, 4.69) is 10.5 Å². The van der Waals surface area contributed by atoms with Crippen molar-refractivity contribution in [1.82, 2.24) is 5.43 Å². The maximum absolute atomic E-state index is 12.9. The third-order valence-corrected chi connectivity index (χ3v) is 5.25. The SMILES string of the molecule is C/C(=N\NC(=O)C(=O)Nc1cc(C(F)(F)F)ccc1Cl)c1ccc(OCc2ccc(Cl)cc2)cc1. The van der Waals surface area contributed by atoms with Crippen molar-refractivity contribution in [3.05, 3.63) is 93.5 Å². The lowest BCUT2D eigenvalue weighted by Gasteiger charge is -2.11. The molecule has 0 aliphatic heterocycles. The van der Waals surface area contributed by atoms with Gasteiger partial charge in [-0.15, -0.1) is 0 Å². The number of carbonyl (C=O) groups excluding carboxylic acids is 2. The fourth-order valence-electron chi connectivity index (χ4n) is 2.77. The van der Waals surface area contributed by atoms with Gasteiger partial charge in [0.1, 0.15) is 12.4 Å². The maximum atomic E-state index is 12.9. The van der Waals surface area contributed by atoms with Crippen LogP contribution >= 0.6 is 23.2 Å². The van der Waals surface area contributed by atoms with E-state index in [1.807, 2.05) is 17.4 Å². The van der Waals surface area contributed by atoms with Crippen molar-refractivity contribution in [3.63, 3.8) is 0 Å². The van der Waals surface area contributed by atoms with E-state index in [9.17, 15) is 22.8 Å². The van der Waals surface area contributed by atoms with Gasteiger partial charge in [0.2, 0.25) is 0 Å². The van der Waals surface area contributed by atoms with Gasteiger partial charge in [-0.25, -0.2) is 5.43 Å². The topological polar surface area (TPSA) is 79.8 Å². The van der Waals surface area contributed by atoms with Gasteiger partial charge < -0.3 is 10.1 Å². The highest BCUT2D eigenvalue weighted by Crippen LogP contribution is 2.33. The van der Waals surface area contributed by atoms with Crippen molar-refractivity contribution in [2.75, 3.05) is 5.32 Å². The third kappa shape index (κ3) is 7.46. The molecule has 0 unspecified atom stereocenters. The smallest absolute Gasteiger partial charge is 0.416 e. The fraction of sp³-hybridized carbons (Fsp3) is 0.125. The van der Waals surface area contributed by atoms with E-state index < -0.39 is 23.6 Å². The summed E-state index contributed by atoms with van der Waals surface area (Å²) < 4.78 is 44.3. The lowest BCUT2D eigenvalue weighted by Crippen LogP contribution is -2.33. The highest BCUT2D eigenvalue weighted by Gasteiger charge is 2.31. The molecule has 2 N–H and O–H groups in total. The van der Waals surface area contributed by atoms with Crippen LogP contribution in [-0.4, -0.2) is 17.5 Å². The molecule has 3 aromatic rings. The first-order chi connectivity index (χ1) is 16.5. The molecular weight excluding hydrogens is 506 g/mol. The van der Waals surface area contributed by atoms with Crippen molar-refractivity contribution < 1.29 is 27.5 Å². The Labute approximate surface area is 208 Å². The lowest BCUT2D eigenvalue weighted by atomic mass is 10.1. The van der Waals surface area contributed by atoms with Gasteiger partial charge in [-0.2, -0.15) is 18.3 Å². The van der Waals surface area contributed by atoms with Gasteiger partial charge in [-0.3, -0.25) is 9.59 Å².